The van der Waals surface area contributed by atoms with Crippen molar-refractivity contribution in [2.75, 3.05) is 12.8 Å². The van der Waals surface area contributed by atoms with Gasteiger partial charge in [0.05, 0.1) is 12.0 Å². The molecule has 3 heterocycles. The second-order valence-corrected chi connectivity index (χ2v) is 14.1. The van der Waals surface area contributed by atoms with Gasteiger partial charge in [0.2, 0.25) is 26.8 Å². The van der Waals surface area contributed by atoms with Crippen LogP contribution in [-0.2, 0) is 29.8 Å². The summed E-state index contributed by atoms with van der Waals surface area (Å²) in [4.78, 5) is 41.8. The molecule has 7 rings (SSSR count). The van der Waals surface area contributed by atoms with Gasteiger partial charge < -0.3 is 20.6 Å². The molecule has 13 heteroatoms. The molecule has 9 nitrogen and oxygen atoms in total. The van der Waals surface area contributed by atoms with E-state index in [1.54, 1.807) is 48.5 Å². The number of alkyl halides is 2. The Morgan fingerprint density at radius 3 is 2.25 bits per heavy atom. The number of halogens is 3. The number of sulfone groups is 1. The maximum Gasteiger partial charge on any atom is 0.264 e. The highest BCUT2D eigenvalue weighted by molar-refractivity contribution is 7.94. The molecule has 2 aromatic rings. The van der Waals surface area contributed by atoms with Crippen molar-refractivity contribution < 1.29 is 41.1 Å². The van der Waals surface area contributed by atoms with E-state index < -0.39 is 74.7 Å². The quantitative estimate of drug-likeness (QED) is 0.431. The number of rotatable bonds is 7. The first-order valence-electron chi connectivity index (χ1n) is 14.5. The fourth-order valence-corrected chi connectivity index (χ4v) is 7.73. The minimum atomic E-state index is -4.31. The summed E-state index contributed by atoms with van der Waals surface area (Å²) in [7, 11) is -4.31. The maximum atomic E-state index is 15.4. The van der Waals surface area contributed by atoms with Gasteiger partial charge in [0, 0.05) is 42.3 Å². The van der Waals surface area contributed by atoms with Crippen LogP contribution in [0.25, 0.3) is 11.1 Å². The van der Waals surface area contributed by atoms with E-state index in [-0.39, 0.29) is 36.3 Å². The van der Waals surface area contributed by atoms with Gasteiger partial charge in [0.25, 0.3) is 11.8 Å². The minimum Gasteiger partial charge on any atom is -0.372 e. The molecule has 0 aromatic heterocycles. The predicted octanol–water partition coefficient (Wildman–Crippen LogP) is 2.78. The molecule has 3 amide bonds. The molecule has 44 heavy (non-hydrogen) atoms. The van der Waals surface area contributed by atoms with Crippen LogP contribution in [-0.4, -0.2) is 73.0 Å². The van der Waals surface area contributed by atoms with E-state index in [2.05, 4.69) is 10.6 Å². The van der Waals surface area contributed by atoms with Crippen LogP contribution in [0.3, 0.4) is 0 Å². The Morgan fingerprint density at radius 2 is 1.70 bits per heavy atom. The third-order valence-electron chi connectivity index (χ3n) is 9.39. The summed E-state index contributed by atoms with van der Waals surface area (Å²) in [6.45, 7) is 0.338. The summed E-state index contributed by atoms with van der Waals surface area (Å²) in [6.07, 6.45) is 0.872. The number of aliphatic hydroxyl groups is 1. The topological polar surface area (TPSA) is 133 Å². The third kappa shape index (κ3) is 4.90. The van der Waals surface area contributed by atoms with Gasteiger partial charge in [-0.1, -0.05) is 48.5 Å². The molecular weight excluding hydrogens is 599 g/mol. The van der Waals surface area contributed by atoms with E-state index >= 15 is 8.78 Å². The maximum absolute atomic E-state index is 15.4. The molecule has 3 aliphatic heterocycles. The zero-order chi connectivity index (χ0) is 31.6. The molecule has 0 radical (unpaired) electrons. The smallest absolute Gasteiger partial charge is 0.264 e. The Balaban J connectivity index is 1.39. The normalized spacial score (nSPS) is 27.3. The van der Waals surface area contributed by atoms with Gasteiger partial charge in [-0.15, -0.1) is 0 Å². The summed E-state index contributed by atoms with van der Waals surface area (Å²) in [5.74, 6) is -7.94. The summed E-state index contributed by atoms with van der Waals surface area (Å²) < 4.78 is 69.1. The number of benzene rings is 2. The average Bonchev–Trinajstić information content (AvgIpc) is 3.50. The van der Waals surface area contributed by atoms with E-state index in [0.29, 0.717) is 36.4 Å². The summed E-state index contributed by atoms with van der Waals surface area (Å²) in [5.41, 5.74) is -0.529. The number of hydrogen-bond acceptors (Lipinski definition) is 6. The van der Waals surface area contributed by atoms with Crippen LogP contribution in [0.4, 0.5) is 13.2 Å². The lowest BCUT2D eigenvalue weighted by molar-refractivity contribution is -0.201. The molecule has 0 unspecified atom stereocenters. The Labute approximate surface area is 252 Å². The van der Waals surface area contributed by atoms with Gasteiger partial charge in [0.1, 0.15) is 6.04 Å². The van der Waals surface area contributed by atoms with Crippen molar-refractivity contribution in [1.82, 2.24) is 15.5 Å². The van der Waals surface area contributed by atoms with Gasteiger partial charge in [0.15, 0.2) is 5.60 Å². The van der Waals surface area contributed by atoms with Crippen LogP contribution in [0.5, 0.6) is 0 Å². The molecule has 2 bridgehead atoms. The Bertz CT molecular complexity index is 1630. The predicted molar refractivity (Wildman–Crippen MR) is 153 cm³/mol. The number of fused-ring (bicyclic) bond motifs is 6. The number of carbonyl (C=O) groups is 3. The summed E-state index contributed by atoms with van der Waals surface area (Å²) in [5, 5.41) is 15.8. The molecule has 3 saturated heterocycles. The monoisotopic (exact) mass is 631 g/mol. The van der Waals surface area contributed by atoms with Crippen molar-refractivity contribution in [3.63, 3.8) is 0 Å². The zero-order valence-electron chi connectivity index (χ0n) is 23.8. The summed E-state index contributed by atoms with van der Waals surface area (Å²) in [6, 6.07) is 9.27. The first-order valence-corrected chi connectivity index (χ1v) is 16.4. The summed E-state index contributed by atoms with van der Waals surface area (Å²) >= 11 is 0. The van der Waals surface area contributed by atoms with Crippen molar-refractivity contribution >= 4 is 27.6 Å². The van der Waals surface area contributed by atoms with Crippen molar-refractivity contribution in [2.45, 2.75) is 61.8 Å². The Hall–Kier alpha value is -3.71. The van der Waals surface area contributed by atoms with Crippen LogP contribution in [0.2, 0.25) is 0 Å². The lowest BCUT2D eigenvalue weighted by Gasteiger charge is -2.55. The van der Waals surface area contributed by atoms with E-state index in [1.165, 1.54) is 0 Å². The van der Waals surface area contributed by atoms with Crippen LogP contribution >= 0.6 is 0 Å². The largest absolute Gasteiger partial charge is 0.372 e. The molecule has 5 aliphatic rings. The second kappa shape index (κ2) is 10.7. The van der Waals surface area contributed by atoms with E-state index in [0.717, 1.165) is 4.90 Å². The molecule has 3 N–H and O–H groups in total. The number of nitrogens with one attached hydrogen (secondary N) is 2. The van der Waals surface area contributed by atoms with Crippen molar-refractivity contribution in [3.8, 4) is 11.1 Å². The van der Waals surface area contributed by atoms with E-state index in [4.69, 9.17) is 0 Å². The molecule has 5 atom stereocenters. The Morgan fingerprint density at radius 1 is 1.09 bits per heavy atom. The number of carbonyl (C=O) groups excluding carboxylic acids is 3. The molecule has 234 valence electrons. The van der Waals surface area contributed by atoms with Crippen molar-refractivity contribution in [1.29, 1.82) is 0 Å². The molecule has 0 spiro atoms. The highest BCUT2D eigenvalue weighted by atomic mass is 32.2. The second-order valence-electron chi connectivity index (χ2n) is 12.1. The highest BCUT2D eigenvalue weighted by Crippen LogP contribution is 2.53. The standard InChI is InChI=1S/C31H32F3N3O6S/c1-44(42,43)25(32)15-18(14-17-12-13-35-27(17)38)36-28(39)26-24-11-10-19(16-30(24,33)34)37(26)29(40)31(41)22-8-4-2-6-20(22)21-7-3-5-9-23(21)31/h2-9,15,17-19,24,26,41H,10-14,16H2,1H3,(H,35,38)(H,36,39)/b25-15+/t17-,18-,19+,24+,26+/m0/s1. The van der Waals surface area contributed by atoms with Crippen molar-refractivity contribution in [2.24, 2.45) is 11.8 Å². The molecular formula is C31H32F3N3O6S. The first-order chi connectivity index (χ1) is 20.7. The van der Waals surface area contributed by atoms with Gasteiger partial charge in [-0.3, -0.25) is 14.4 Å². The van der Waals surface area contributed by atoms with Gasteiger partial charge in [-0.2, -0.15) is 4.39 Å². The van der Waals surface area contributed by atoms with E-state index in [1.807, 2.05) is 0 Å². The molecule has 2 aliphatic carbocycles. The van der Waals surface area contributed by atoms with Gasteiger partial charge >= 0.3 is 0 Å². The van der Waals surface area contributed by atoms with Crippen LogP contribution in [0.15, 0.2) is 59.8 Å². The van der Waals surface area contributed by atoms with Crippen LogP contribution < -0.4 is 10.6 Å². The highest BCUT2D eigenvalue weighted by Gasteiger charge is 2.63. The zero-order valence-corrected chi connectivity index (χ0v) is 24.6. The van der Waals surface area contributed by atoms with Crippen LogP contribution in [0.1, 0.15) is 43.2 Å². The lowest BCUT2D eigenvalue weighted by atomic mass is 9.70. The minimum absolute atomic E-state index is 0.0750. The molecule has 1 saturated carbocycles. The number of amides is 3. The number of hydrogen-bond donors (Lipinski definition) is 3. The average molecular weight is 632 g/mol. The van der Waals surface area contributed by atoms with E-state index in [9.17, 15) is 32.3 Å². The number of piperidine rings is 2. The molecule has 4 fully saturated rings. The first kappa shape index (κ1) is 30.3. The third-order valence-corrected chi connectivity index (χ3v) is 10.2. The fraction of sp³-hybridized carbons (Fsp3) is 0.452. The fourth-order valence-electron chi connectivity index (χ4n) is 7.32. The lowest BCUT2D eigenvalue weighted by Crippen LogP contribution is -2.70. The SMILES string of the molecule is CS(=O)(=O)/C(F)=C/[C@H](C[C@@H]1CCNC1=O)NC(=O)[C@H]1[C@H]2CC[C@H](CC2(F)F)N1C(=O)C1(O)c2ccccc2-c2ccccc21. The molecule has 2 aromatic carbocycles. The number of nitrogens with zero attached hydrogens (tertiary/aromatic N) is 1. The van der Waals surface area contributed by atoms with Gasteiger partial charge in [-0.25, -0.2) is 17.2 Å². The van der Waals surface area contributed by atoms with Gasteiger partial charge in [-0.05, 0) is 42.9 Å². The van der Waals surface area contributed by atoms with Crippen LogP contribution in [0, 0.1) is 11.8 Å². The Kier molecular flexibility index (Phi) is 7.39. The van der Waals surface area contributed by atoms with Crippen molar-refractivity contribution in [3.05, 3.63) is 70.9 Å².